The first-order valence-corrected chi connectivity index (χ1v) is 6.44. The number of halogens is 1. The molecule has 19 heavy (non-hydrogen) atoms. The Morgan fingerprint density at radius 1 is 1.53 bits per heavy atom. The molecule has 1 saturated heterocycles. The van der Waals surface area contributed by atoms with Gasteiger partial charge in [-0.05, 0) is 15.9 Å². The van der Waals surface area contributed by atoms with Crippen LogP contribution in [0.2, 0.25) is 0 Å². The van der Waals surface area contributed by atoms with Crippen LogP contribution < -0.4 is 10.6 Å². The third kappa shape index (κ3) is 3.16. The molecule has 2 rings (SSSR count). The fourth-order valence-electron chi connectivity index (χ4n) is 1.73. The zero-order chi connectivity index (χ0) is 13.8. The molecule has 2 N–H and O–H groups in total. The average molecular weight is 326 g/mol. The van der Waals surface area contributed by atoms with Gasteiger partial charge in [0.15, 0.2) is 0 Å². The molecule has 2 heterocycles. The number of nitriles is 1. The molecule has 1 aliphatic heterocycles. The normalized spacial score (nSPS) is 16.2. The Kier molecular flexibility index (Phi) is 4.24. The predicted octanol–water partition coefficient (Wildman–Crippen LogP) is 1.27. The van der Waals surface area contributed by atoms with Gasteiger partial charge in [0.25, 0.3) is 5.91 Å². The van der Waals surface area contributed by atoms with Gasteiger partial charge in [0.2, 0.25) is 5.88 Å². The second kappa shape index (κ2) is 5.91. The topological polar surface area (TPSA) is 92.5 Å². The average Bonchev–Trinajstić information content (AvgIpc) is 2.77. The minimum Gasteiger partial charge on any atom is -0.440 e. The number of amides is 1. The summed E-state index contributed by atoms with van der Waals surface area (Å²) in [6, 6.07) is 3.44. The molecular formula is C12H12BrN3O3. The lowest BCUT2D eigenvalue weighted by Crippen LogP contribution is -2.36. The van der Waals surface area contributed by atoms with Crippen LogP contribution in [0, 0.1) is 11.3 Å². The van der Waals surface area contributed by atoms with E-state index in [4.69, 9.17) is 20.1 Å². The van der Waals surface area contributed by atoms with Crippen molar-refractivity contribution in [1.82, 2.24) is 0 Å². The minimum absolute atomic E-state index is 0.144. The van der Waals surface area contributed by atoms with E-state index in [2.05, 4.69) is 15.9 Å². The van der Waals surface area contributed by atoms with E-state index in [0.717, 1.165) is 17.6 Å². The number of hydrogen-bond acceptors (Lipinski definition) is 5. The molecule has 0 aromatic carbocycles. The number of nitrogens with two attached hydrogens (primary N) is 1. The number of nitrogens with zero attached hydrogens (tertiary/aromatic N) is 2. The highest BCUT2D eigenvalue weighted by atomic mass is 79.9. The molecule has 0 aliphatic carbocycles. The van der Waals surface area contributed by atoms with Crippen LogP contribution in [0.3, 0.4) is 0 Å². The molecule has 100 valence electrons. The van der Waals surface area contributed by atoms with E-state index in [1.165, 1.54) is 6.08 Å². The number of hydrogen-bond donors (Lipinski definition) is 1. The molecule has 1 fully saturated rings. The number of carbonyl (C=O) groups is 1. The van der Waals surface area contributed by atoms with Crippen molar-refractivity contribution in [3.05, 3.63) is 21.9 Å². The Balaban J connectivity index is 2.26. The Morgan fingerprint density at radius 2 is 2.21 bits per heavy atom. The standard InChI is InChI=1S/C12H12BrN3O3/c13-10-6-9(5-8(7-14)11(15)17)19-12(10)16-1-3-18-4-2-16/h5-6H,1-4H2,(H2,15,17)/b8-5+. The molecule has 1 aromatic heterocycles. The van der Waals surface area contributed by atoms with Gasteiger partial charge >= 0.3 is 0 Å². The number of anilines is 1. The van der Waals surface area contributed by atoms with Crippen molar-refractivity contribution in [2.75, 3.05) is 31.2 Å². The van der Waals surface area contributed by atoms with E-state index in [9.17, 15) is 4.79 Å². The summed E-state index contributed by atoms with van der Waals surface area (Å²) in [4.78, 5) is 13.0. The molecule has 0 saturated carbocycles. The van der Waals surface area contributed by atoms with E-state index in [-0.39, 0.29) is 5.57 Å². The van der Waals surface area contributed by atoms with E-state index in [1.807, 2.05) is 4.90 Å². The fraction of sp³-hybridized carbons (Fsp3) is 0.333. The van der Waals surface area contributed by atoms with Gasteiger partial charge in [-0.2, -0.15) is 5.26 Å². The molecule has 1 aliphatic rings. The molecule has 6 nitrogen and oxygen atoms in total. The number of carbonyl (C=O) groups excluding carboxylic acids is 1. The number of ether oxygens (including phenoxy) is 1. The third-order valence-electron chi connectivity index (χ3n) is 2.66. The highest BCUT2D eigenvalue weighted by molar-refractivity contribution is 9.10. The summed E-state index contributed by atoms with van der Waals surface area (Å²) in [6.07, 6.45) is 1.33. The molecule has 1 aromatic rings. The van der Waals surface area contributed by atoms with Gasteiger partial charge in [-0.25, -0.2) is 0 Å². The molecule has 1 amide bonds. The summed E-state index contributed by atoms with van der Waals surface area (Å²) in [5.41, 5.74) is 4.93. The second-order valence-corrected chi connectivity index (χ2v) is 4.79. The van der Waals surface area contributed by atoms with Crippen LogP contribution in [0.5, 0.6) is 0 Å². The number of morpholine rings is 1. The van der Waals surface area contributed by atoms with E-state index in [0.29, 0.717) is 24.9 Å². The molecular weight excluding hydrogens is 314 g/mol. The van der Waals surface area contributed by atoms with Crippen LogP contribution in [-0.2, 0) is 9.53 Å². The van der Waals surface area contributed by atoms with Crippen LogP contribution in [-0.4, -0.2) is 32.2 Å². The van der Waals surface area contributed by atoms with Crippen molar-refractivity contribution < 1.29 is 13.9 Å². The largest absolute Gasteiger partial charge is 0.440 e. The first-order chi connectivity index (χ1) is 9.11. The Morgan fingerprint density at radius 3 is 2.79 bits per heavy atom. The lowest BCUT2D eigenvalue weighted by molar-refractivity contribution is -0.114. The summed E-state index contributed by atoms with van der Waals surface area (Å²) >= 11 is 3.40. The van der Waals surface area contributed by atoms with Crippen LogP contribution in [0.15, 0.2) is 20.5 Å². The molecule has 0 atom stereocenters. The first-order valence-electron chi connectivity index (χ1n) is 5.65. The maximum atomic E-state index is 11.0. The van der Waals surface area contributed by atoms with Crippen molar-refractivity contribution in [3.8, 4) is 6.07 Å². The van der Waals surface area contributed by atoms with Gasteiger partial charge in [-0.3, -0.25) is 4.79 Å². The summed E-state index contributed by atoms with van der Waals surface area (Å²) < 4.78 is 11.7. The molecule has 0 unspecified atom stereocenters. The maximum Gasteiger partial charge on any atom is 0.259 e. The highest BCUT2D eigenvalue weighted by Gasteiger charge is 2.18. The number of rotatable bonds is 3. The van der Waals surface area contributed by atoms with Crippen molar-refractivity contribution in [2.45, 2.75) is 0 Å². The van der Waals surface area contributed by atoms with Crippen LogP contribution in [0.4, 0.5) is 5.88 Å². The smallest absolute Gasteiger partial charge is 0.259 e. The van der Waals surface area contributed by atoms with Crippen LogP contribution in [0.25, 0.3) is 6.08 Å². The van der Waals surface area contributed by atoms with Crippen molar-refractivity contribution >= 4 is 33.8 Å². The van der Waals surface area contributed by atoms with Crippen molar-refractivity contribution in [3.63, 3.8) is 0 Å². The quantitative estimate of drug-likeness (QED) is 0.667. The van der Waals surface area contributed by atoms with Gasteiger partial charge in [0.1, 0.15) is 17.4 Å². The number of furan rings is 1. The van der Waals surface area contributed by atoms with E-state index >= 15 is 0 Å². The lowest BCUT2D eigenvalue weighted by atomic mass is 10.2. The minimum atomic E-state index is -0.775. The van der Waals surface area contributed by atoms with E-state index < -0.39 is 5.91 Å². The SMILES string of the molecule is N#C/C(=C\c1cc(Br)c(N2CCOCC2)o1)C(N)=O. The van der Waals surface area contributed by atoms with Crippen molar-refractivity contribution in [2.24, 2.45) is 5.73 Å². The highest BCUT2D eigenvalue weighted by Crippen LogP contribution is 2.31. The predicted molar refractivity (Wildman–Crippen MR) is 72.2 cm³/mol. The summed E-state index contributed by atoms with van der Waals surface area (Å²) in [5, 5.41) is 8.78. The molecule has 0 bridgehead atoms. The fourth-order valence-corrected chi connectivity index (χ4v) is 2.29. The molecule has 0 radical (unpaired) electrons. The van der Waals surface area contributed by atoms with Crippen molar-refractivity contribution in [1.29, 1.82) is 5.26 Å². The molecule has 0 spiro atoms. The Bertz CT molecular complexity index is 553. The first kappa shape index (κ1) is 13.6. The van der Waals surface area contributed by atoms with Crippen LogP contribution >= 0.6 is 15.9 Å². The number of primary amides is 1. The van der Waals surface area contributed by atoms with Crippen LogP contribution in [0.1, 0.15) is 5.76 Å². The zero-order valence-electron chi connectivity index (χ0n) is 10.1. The monoisotopic (exact) mass is 325 g/mol. The third-order valence-corrected chi connectivity index (χ3v) is 3.23. The molecule has 7 heteroatoms. The lowest BCUT2D eigenvalue weighted by Gasteiger charge is -2.26. The Hall–Kier alpha value is -1.78. The summed E-state index contributed by atoms with van der Waals surface area (Å²) in [7, 11) is 0. The second-order valence-electron chi connectivity index (χ2n) is 3.94. The Labute approximate surface area is 118 Å². The van der Waals surface area contributed by atoms with Gasteiger partial charge in [-0.1, -0.05) is 0 Å². The van der Waals surface area contributed by atoms with E-state index in [1.54, 1.807) is 12.1 Å². The van der Waals surface area contributed by atoms with Gasteiger partial charge < -0.3 is 19.8 Å². The summed E-state index contributed by atoms with van der Waals surface area (Å²) in [5.74, 6) is 0.294. The maximum absolute atomic E-state index is 11.0. The zero-order valence-corrected chi connectivity index (χ0v) is 11.6. The van der Waals surface area contributed by atoms with Gasteiger partial charge in [0, 0.05) is 25.2 Å². The van der Waals surface area contributed by atoms with Gasteiger partial charge in [0.05, 0.1) is 17.7 Å². The summed E-state index contributed by atoms with van der Waals surface area (Å²) in [6.45, 7) is 2.75. The van der Waals surface area contributed by atoms with Gasteiger partial charge in [-0.15, -0.1) is 0 Å².